The monoisotopic (exact) mass is 388 g/mol. The molecule has 8 heteroatoms. The zero-order valence-electron chi connectivity index (χ0n) is 14.8. The van der Waals surface area contributed by atoms with E-state index in [-0.39, 0.29) is 17.2 Å². The van der Waals surface area contributed by atoms with Gasteiger partial charge in [-0.2, -0.15) is 0 Å². The Morgan fingerprint density at radius 2 is 2.07 bits per heavy atom. The highest BCUT2D eigenvalue weighted by atomic mass is 32.1. The summed E-state index contributed by atoms with van der Waals surface area (Å²) in [5, 5.41) is 13.0. The number of halogens is 1. The number of nitro benzene ring substituents is 1. The summed E-state index contributed by atoms with van der Waals surface area (Å²) in [6, 6.07) is 8.67. The van der Waals surface area contributed by atoms with Crippen LogP contribution in [0.3, 0.4) is 0 Å². The molecule has 0 radical (unpaired) electrons. The van der Waals surface area contributed by atoms with Crippen LogP contribution in [0.25, 0.3) is 0 Å². The van der Waals surface area contributed by atoms with E-state index < -0.39 is 17.3 Å². The Labute approximate surface area is 159 Å². The molecule has 0 atom stereocenters. The van der Waals surface area contributed by atoms with E-state index in [0.29, 0.717) is 12.1 Å². The topological polar surface area (TPSA) is 74.4 Å². The van der Waals surface area contributed by atoms with Crippen molar-refractivity contribution in [1.29, 1.82) is 0 Å². The zero-order valence-corrected chi connectivity index (χ0v) is 15.6. The summed E-state index contributed by atoms with van der Waals surface area (Å²) in [6.45, 7) is 4.01. The first kappa shape index (κ1) is 18.8. The number of ether oxygens (including phenoxy) is 1. The van der Waals surface area contributed by atoms with Crippen LogP contribution in [-0.4, -0.2) is 21.9 Å². The number of nitro groups is 1. The number of thiophene rings is 1. The van der Waals surface area contributed by atoms with Crippen molar-refractivity contribution in [2.45, 2.75) is 20.4 Å². The number of carbonyl (C=O) groups excluding carboxylic acids is 1. The minimum absolute atomic E-state index is 0.263. The molecule has 0 aliphatic rings. The first-order valence-electron chi connectivity index (χ1n) is 8.16. The van der Waals surface area contributed by atoms with Crippen molar-refractivity contribution in [3.63, 3.8) is 0 Å². The fourth-order valence-corrected chi connectivity index (χ4v) is 3.55. The molecule has 3 rings (SSSR count). The molecule has 140 valence electrons. The highest BCUT2D eigenvalue weighted by Crippen LogP contribution is 2.28. The summed E-state index contributed by atoms with van der Waals surface area (Å²) in [5.74, 6) is -1.25. The van der Waals surface area contributed by atoms with Gasteiger partial charge in [0.05, 0.1) is 11.5 Å². The fourth-order valence-electron chi connectivity index (χ4n) is 2.86. The Balaban J connectivity index is 1.78. The zero-order chi connectivity index (χ0) is 19.6. The summed E-state index contributed by atoms with van der Waals surface area (Å²) in [4.78, 5) is 24.1. The van der Waals surface area contributed by atoms with E-state index in [2.05, 4.69) is 0 Å². The number of benzene rings is 1. The highest BCUT2D eigenvalue weighted by Gasteiger charge is 2.20. The van der Waals surface area contributed by atoms with Gasteiger partial charge in [0.15, 0.2) is 12.4 Å². The van der Waals surface area contributed by atoms with Gasteiger partial charge in [0, 0.05) is 34.0 Å². The number of nitrogens with zero attached hydrogens (tertiary/aromatic N) is 2. The lowest BCUT2D eigenvalue weighted by Crippen LogP contribution is -2.14. The van der Waals surface area contributed by atoms with Crippen LogP contribution >= 0.6 is 11.3 Å². The summed E-state index contributed by atoms with van der Waals surface area (Å²) < 4.78 is 20.7. The first-order chi connectivity index (χ1) is 12.9. The van der Waals surface area contributed by atoms with Crippen LogP contribution in [0.5, 0.6) is 5.75 Å². The van der Waals surface area contributed by atoms with Crippen molar-refractivity contribution in [2.75, 3.05) is 6.61 Å². The van der Waals surface area contributed by atoms with Gasteiger partial charge in [0.2, 0.25) is 5.78 Å². The van der Waals surface area contributed by atoms with Gasteiger partial charge in [0.1, 0.15) is 5.82 Å². The van der Waals surface area contributed by atoms with Crippen molar-refractivity contribution in [1.82, 2.24) is 4.57 Å². The summed E-state index contributed by atoms with van der Waals surface area (Å²) >= 11 is 1.64. The predicted octanol–water partition coefficient (Wildman–Crippen LogP) is 4.52. The van der Waals surface area contributed by atoms with Crippen molar-refractivity contribution >= 4 is 22.8 Å². The van der Waals surface area contributed by atoms with Crippen LogP contribution in [0.15, 0.2) is 41.8 Å². The number of hydrogen-bond acceptors (Lipinski definition) is 5. The van der Waals surface area contributed by atoms with Gasteiger partial charge < -0.3 is 9.30 Å². The van der Waals surface area contributed by atoms with Gasteiger partial charge in [-0.25, -0.2) is 4.39 Å². The minimum Gasteiger partial charge on any atom is -0.478 e. The second kappa shape index (κ2) is 7.71. The van der Waals surface area contributed by atoms with E-state index in [4.69, 9.17) is 4.74 Å². The molecule has 0 unspecified atom stereocenters. The molecule has 0 spiro atoms. The Bertz CT molecular complexity index is 996. The quantitative estimate of drug-likeness (QED) is 0.339. The Kier molecular flexibility index (Phi) is 5.36. The molecular formula is C19H17FN2O4S. The molecule has 0 saturated carbocycles. The molecule has 1 aromatic carbocycles. The standard InChI is InChI=1S/C19H17FN2O4S/c1-12-8-16(13(2)21(12)10-15-4-3-7-27-15)18(23)11-26-19-9-14(20)5-6-17(19)22(24)25/h3-9H,10-11H2,1-2H3. The lowest BCUT2D eigenvalue weighted by molar-refractivity contribution is -0.385. The van der Waals surface area contributed by atoms with E-state index in [0.717, 1.165) is 29.6 Å². The SMILES string of the molecule is Cc1cc(C(=O)COc2cc(F)ccc2[N+](=O)[O-])c(C)n1Cc1cccs1. The van der Waals surface area contributed by atoms with Crippen LogP contribution in [0, 0.1) is 29.8 Å². The van der Waals surface area contributed by atoms with Gasteiger partial charge in [-0.3, -0.25) is 14.9 Å². The lowest BCUT2D eigenvalue weighted by Gasteiger charge is -2.09. The largest absolute Gasteiger partial charge is 0.478 e. The maximum Gasteiger partial charge on any atom is 0.311 e. The summed E-state index contributed by atoms with van der Waals surface area (Å²) in [5.41, 5.74) is 1.83. The molecule has 3 aromatic rings. The van der Waals surface area contributed by atoms with Gasteiger partial charge in [-0.05, 0) is 37.4 Å². The number of aromatic nitrogens is 1. The number of rotatable bonds is 7. The normalized spacial score (nSPS) is 10.8. The van der Waals surface area contributed by atoms with Gasteiger partial charge >= 0.3 is 5.69 Å². The molecule has 2 heterocycles. The molecule has 0 N–H and O–H groups in total. The highest BCUT2D eigenvalue weighted by molar-refractivity contribution is 7.09. The average Bonchev–Trinajstić information content (AvgIpc) is 3.23. The Morgan fingerprint density at radius 3 is 2.74 bits per heavy atom. The van der Waals surface area contributed by atoms with E-state index >= 15 is 0 Å². The molecule has 6 nitrogen and oxygen atoms in total. The van der Waals surface area contributed by atoms with Gasteiger partial charge in [0.25, 0.3) is 0 Å². The van der Waals surface area contributed by atoms with Crippen molar-refractivity contribution in [3.8, 4) is 5.75 Å². The molecule has 0 bridgehead atoms. The van der Waals surface area contributed by atoms with E-state index in [1.807, 2.05) is 35.9 Å². The Morgan fingerprint density at radius 1 is 1.30 bits per heavy atom. The molecule has 2 aromatic heterocycles. The number of Topliss-reactive ketones (excluding diaryl/α,β-unsaturated/α-hetero) is 1. The third-order valence-corrected chi connectivity index (χ3v) is 5.11. The second-order valence-corrected chi connectivity index (χ2v) is 7.06. The molecule has 0 amide bonds. The van der Waals surface area contributed by atoms with Crippen LogP contribution in [0.1, 0.15) is 26.6 Å². The fraction of sp³-hybridized carbons (Fsp3) is 0.211. The smallest absolute Gasteiger partial charge is 0.311 e. The summed E-state index contributed by atoms with van der Waals surface area (Å²) in [6.07, 6.45) is 0. The predicted molar refractivity (Wildman–Crippen MR) is 100 cm³/mol. The molecule has 0 fully saturated rings. The van der Waals surface area contributed by atoms with Crippen molar-refractivity contribution < 1.29 is 18.8 Å². The maximum absolute atomic E-state index is 13.4. The molecule has 0 aliphatic heterocycles. The average molecular weight is 388 g/mol. The van der Waals surface area contributed by atoms with Crippen LogP contribution in [0.4, 0.5) is 10.1 Å². The lowest BCUT2D eigenvalue weighted by atomic mass is 10.1. The van der Waals surface area contributed by atoms with E-state index in [9.17, 15) is 19.3 Å². The summed E-state index contributed by atoms with van der Waals surface area (Å²) in [7, 11) is 0. The Hall–Kier alpha value is -3.00. The molecule has 0 aliphatic carbocycles. The second-order valence-electron chi connectivity index (χ2n) is 6.03. The number of carbonyl (C=O) groups is 1. The van der Waals surface area contributed by atoms with Crippen molar-refractivity contribution in [3.05, 3.63) is 79.5 Å². The molecule has 27 heavy (non-hydrogen) atoms. The van der Waals surface area contributed by atoms with Crippen LogP contribution in [-0.2, 0) is 6.54 Å². The first-order valence-corrected chi connectivity index (χ1v) is 9.04. The van der Waals surface area contributed by atoms with Crippen molar-refractivity contribution in [2.24, 2.45) is 0 Å². The van der Waals surface area contributed by atoms with Crippen LogP contribution < -0.4 is 4.74 Å². The van der Waals surface area contributed by atoms with Gasteiger partial charge in [-0.1, -0.05) is 6.07 Å². The van der Waals surface area contributed by atoms with Crippen LogP contribution in [0.2, 0.25) is 0 Å². The number of hydrogen-bond donors (Lipinski definition) is 0. The number of aryl methyl sites for hydroxylation is 1. The van der Waals surface area contributed by atoms with E-state index in [1.54, 1.807) is 17.4 Å². The third kappa shape index (κ3) is 4.06. The molecular weight excluding hydrogens is 371 g/mol. The van der Waals surface area contributed by atoms with E-state index in [1.165, 1.54) is 4.88 Å². The minimum atomic E-state index is -0.674. The third-order valence-electron chi connectivity index (χ3n) is 4.25. The maximum atomic E-state index is 13.4. The number of ketones is 1. The molecule has 0 saturated heterocycles. The van der Waals surface area contributed by atoms with Gasteiger partial charge in [-0.15, -0.1) is 11.3 Å².